The first-order valence-corrected chi connectivity index (χ1v) is 8.07. The highest BCUT2D eigenvalue weighted by Gasteiger charge is 2.34. The maximum Gasteiger partial charge on any atom is 0.416 e. The zero-order chi connectivity index (χ0) is 17.9. The van der Waals surface area contributed by atoms with E-state index in [4.69, 9.17) is 4.74 Å². The van der Waals surface area contributed by atoms with E-state index in [-0.39, 0.29) is 11.8 Å². The second-order valence-corrected chi connectivity index (χ2v) is 6.38. The van der Waals surface area contributed by atoms with E-state index in [0.29, 0.717) is 12.0 Å². The molecule has 0 heterocycles. The molecule has 2 aromatic rings. The lowest BCUT2D eigenvalue weighted by atomic mass is 9.88. The van der Waals surface area contributed by atoms with Gasteiger partial charge in [-0.2, -0.15) is 13.2 Å². The molecular formula is C20H23F3O. The second-order valence-electron chi connectivity index (χ2n) is 6.38. The summed E-state index contributed by atoms with van der Waals surface area (Å²) >= 11 is 0. The van der Waals surface area contributed by atoms with Crippen molar-refractivity contribution in [3.63, 3.8) is 0 Å². The highest BCUT2D eigenvalue weighted by molar-refractivity contribution is 5.45. The number of ether oxygens (including phenoxy) is 1. The molecule has 0 spiro atoms. The van der Waals surface area contributed by atoms with Crippen molar-refractivity contribution in [1.29, 1.82) is 0 Å². The highest BCUT2D eigenvalue weighted by atomic mass is 19.4. The molecule has 2 rings (SSSR count). The van der Waals surface area contributed by atoms with Crippen molar-refractivity contribution in [2.45, 2.75) is 45.2 Å². The SMILES string of the molecule is COc1c(CC(C)c2ccccc2C(F)(F)F)cccc1C(C)C. The van der Waals surface area contributed by atoms with Gasteiger partial charge in [0, 0.05) is 0 Å². The molecule has 0 saturated heterocycles. The van der Waals surface area contributed by atoms with Crippen molar-refractivity contribution in [3.8, 4) is 5.75 Å². The van der Waals surface area contributed by atoms with Crippen LogP contribution >= 0.6 is 0 Å². The summed E-state index contributed by atoms with van der Waals surface area (Å²) in [7, 11) is 1.61. The third-order valence-corrected chi connectivity index (χ3v) is 4.28. The maximum absolute atomic E-state index is 13.2. The van der Waals surface area contributed by atoms with Crippen LogP contribution in [-0.2, 0) is 12.6 Å². The van der Waals surface area contributed by atoms with Crippen LogP contribution in [0.2, 0.25) is 0 Å². The molecule has 1 unspecified atom stereocenters. The molecule has 130 valence electrons. The van der Waals surface area contributed by atoms with E-state index in [9.17, 15) is 13.2 Å². The van der Waals surface area contributed by atoms with Crippen LogP contribution in [0.3, 0.4) is 0 Å². The van der Waals surface area contributed by atoms with E-state index in [0.717, 1.165) is 22.9 Å². The summed E-state index contributed by atoms with van der Waals surface area (Å²) in [6.07, 6.45) is -3.84. The van der Waals surface area contributed by atoms with Crippen molar-refractivity contribution in [3.05, 3.63) is 64.7 Å². The summed E-state index contributed by atoms with van der Waals surface area (Å²) in [6, 6.07) is 11.7. The molecule has 0 saturated carbocycles. The summed E-state index contributed by atoms with van der Waals surface area (Å²) in [6.45, 7) is 5.97. The molecule has 0 amide bonds. The number of halogens is 3. The Labute approximate surface area is 141 Å². The molecule has 1 atom stereocenters. The molecular weight excluding hydrogens is 313 g/mol. The number of alkyl halides is 3. The number of hydrogen-bond donors (Lipinski definition) is 0. The average molecular weight is 336 g/mol. The van der Waals surface area contributed by atoms with Gasteiger partial charge in [0.1, 0.15) is 5.75 Å². The summed E-state index contributed by atoms with van der Waals surface area (Å²) in [4.78, 5) is 0. The number of para-hydroxylation sites is 1. The van der Waals surface area contributed by atoms with Gasteiger partial charge in [0.15, 0.2) is 0 Å². The predicted molar refractivity (Wildman–Crippen MR) is 90.6 cm³/mol. The fraction of sp³-hybridized carbons (Fsp3) is 0.400. The minimum Gasteiger partial charge on any atom is -0.496 e. The monoisotopic (exact) mass is 336 g/mol. The van der Waals surface area contributed by atoms with Gasteiger partial charge >= 0.3 is 6.18 Å². The van der Waals surface area contributed by atoms with E-state index in [2.05, 4.69) is 13.8 Å². The van der Waals surface area contributed by atoms with Crippen LogP contribution in [0.5, 0.6) is 5.75 Å². The van der Waals surface area contributed by atoms with Crippen LogP contribution in [0.25, 0.3) is 0 Å². The molecule has 0 aliphatic rings. The lowest BCUT2D eigenvalue weighted by molar-refractivity contribution is -0.138. The van der Waals surface area contributed by atoms with Gasteiger partial charge in [-0.05, 0) is 41.0 Å². The highest BCUT2D eigenvalue weighted by Crippen LogP contribution is 2.38. The Kier molecular flexibility index (Phi) is 5.58. The first-order chi connectivity index (χ1) is 11.3. The van der Waals surface area contributed by atoms with Gasteiger partial charge in [-0.15, -0.1) is 0 Å². The zero-order valence-electron chi connectivity index (χ0n) is 14.4. The predicted octanol–water partition coefficient (Wildman–Crippen LogP) is 6.18. The van der Waals surface area contributed by atoms with Gasteiger partial charge < -0.3 is 4.74 Å². The lowest BCUT2D eigenvalue weighted by Crippen LogP contribution is -2.12. The van der Waals surface area contributed by atoms with Crippen LogP contribution in [0.4, 0.5) is 13.2 Å². The van der Waals surface area contributed by atoms with Gasteiger partial charge in [-0.25, -0.2) is 0 Å². The van der Waals surface area contributed by atoms with E-state index in [1.165, 1.54) is 6.07 Å². The first kappa shape index (κ1) is 18.4. The van der Waals surface area contributed by atoms with Gasteiger partial charge in [0.25, 0.3) is 0 Å². The van der Waals surface area contributed by atoms with Crippen LogP contribution < -0.4 is 4.74 Å². The standard InChI is InChI=1S/C20H23F3O/c1-13(2)16-10-7-8-15(19(16)24-4)12-14(3)17-9-5-6-11-18(17)20(21,22)23/h5-11,13-14H,12H2,1-4H3. The van der Waals surface area contributed by atoms with E-state index >= 15 is 0 Å². The molecule has 0 aliphatic carbocycles. The van der Waals surface area contributed by atoms with Crippen molar-refractivity contribution in [2.75, 3.05) is 7.11 Å². The third kappa shape index (κ3) is 3.92. The molecule has 0 aromatic heterocycles. The Balaban J connectivity index is 2.38. The second kappa shape index (κ2) is 7.29. The third-order valence-electron chi connectivity index (χ3n) is 4.28. The number of benzene rings is 2. The van der Waals surface area contributed by atoms with Crippen LogP contribution in [-0.4, -0.2) is 7.11 Å². The fourth-order valence-corrected chi connectivity index (χ4v) is 3.09. The van der Waals surface area contributed by atoms with Crippen molar-refractivity contribution in [2.24, 2.45) is 0 Å². The lowest BCUT2D eigenvalue weighted by Gasteiger charge is -2.21. The molecule has 0 N–H and O–H groups in total. The summed E-state index contributed by atoms with van der Waals surface area (Å²) < 4.78 is 45.3. The molecule has 0 aliphatic heterocycles. The summed E-state index contributed by atoms with van der Waals surface area (Å²) in [5, 5.41) is 0. The Morgan fingerprint density at radius 2 is 1.54 bits per heavy atom. The maximum atomic E-state index is 13.2. The smallest absolute Gasteiger partial charge is 0.416 e. The number of rotatable bonds is 5. The largest absolute Gasteiger partial charge is 0.496 e. The van der Waals surface area contributed by atoms with Gasteiger partial charge in [-0.3, -0.25) is 0 Å². The Bertz CT molecular complexity index is 690. The molecule has 1 nitrogen and oxygen atoms in total. The van der Waals surface area contributed by atoms with Crippen molar-refractivity contribution >= 4 is 0 Å². The van der Waals surface area contributed by atoms with Gasteiger partial charge in [0.05, 0.1) is 12.7 Å². The fourth-order valence-electron chi connectivity index (χ4n) is 3.09. The molecule has 0 radical (unpaired) electrons. The Morgan fingerprint density at radius 1 is 0.917 bits per heavy atom. The van der Waals surface area contributed by atoms with E-state index < -0.39 is 11.7 Å². The molecule has 0 bridgehead atoms. The average Bonchev–Trinajstić information content (AvgIpc) is 2.53. The topological polar surface area (TPSA) is 9.23 Å². The Morgan fingerprint density at radius 3 is 2.12 bits per heavy atom. The summed E-state index contributed by atoms with van der Waals surface area (Å²) in [5.41, 5.74) is 1.78. The van der Waals surface area contributed by atoms with E-state index in [1.54, 1.807) is 19.2 Å². The van der Waals surface area contributed by atoms with E-state index in [1.807, 2.05) is 25.1 Å². The first-order valence-electron chi connectivity index (χ1n) is 8.07. The number of hydrogen-bond acceptors (Lipinski definition) is 1. The van der Waals surface area contributed by atoms with Gasteiger partial charge in [0.2, 0.25) is 0 Å². The van der Waals surface area contributed by atoms with Gasteiger partial charge in [-0.1, -0.05) is 57.2 Å². The minimum absolute atomic E-state index is 0.265. The molecule has 4 heteroatoms. The molecule has 2 aromatic carbocycles. The van der Waals surface area contributed by atoms with Crippen LogP contribution in [0.1, 0.15) is 54.9 Å². The number of methoxy groups -OCH3 is 1. The van der Waals surface area contributed by atoms with Crippen LogP contribution in [0, 0.1) is 0 Å². The quantitative estimate of drug-likeness (QED) is 0.633. The van der Waals surface area contributed by atoms with Crippen LogP contribution in [0.15, 0.2) is 42.5 Å². The zero-order valence-corrected chi connectivity index (χ0v) is 14.4. The molecule has 0 fully saturated rings. The van der Waals surface area contributed by atoms with Crippen molar-refractivity contribution in [1.82, 2.24) is 0 Å². The Hall–Kier alpha value is -1.97. The minimum atomic E-state index is -4.34. The van der Waals surface area contributed by atoms with Crippen molar-refractivity contribution < 1.29 is 17.9 Å². The summed E-state index contributed by atoms with van der Waals surface area (Å²) in [5.74, 6) is 0.806. The molecule has 24 heavy (non-hydrogen) atoms. The normalized spacial score (nSPS) is 13.2.